The van der Waals surface area contributed by atoms with Gasteiger partial charge in [-0.1, -0.05) is 35.0 Å². The number of nitrogens with zero attached hydrogens (tertiary/aromatic N) is 3. The van der Waals surface area contributed by atoms with Gasteiger partial charge in [0.05, 0.1) is 0 Å². The largest absolute Gasteiger partial charge is 0.312 e. The molecule has 0 spiro atoms. The van der Waals surface area contributed by atoms with E-state index in [9.17, 15) is 4.79 Å². The molecule has 0 aliphatic carbocycles. The number of nitriles is 1. The van der Waals surface area contributed by atoms with E-state index < -0.39 is 0 Å². The van der Waals surface area contributed by atoms with Crippen LogP contribution in [-0.4, -0.2) is 28.8 Å². The lowest BCUT2D eigenvalue weighted by molar-refractivity contribution is -0.116. The van der Waals surface area contributed by atoms with Crippen molar-refractivity contribution >= 4 is 62.7 Å². The minimum atomic E-state index is -0.100. The Bertz CT molecular complexity index is 567. The minimum absolute atomic E-state index is 0.100. The molecule has 0 saturated carbocycles. The average molecular weight is 362 g/mol. The van der Waals surface area contributed by atoms with Gasteiger partial charge in [-0.15, -0.1) is 11.8 Å². The first kappa shape index (κ1) is 18.2. The number of benzene rings is 1. The van der Waals surface area contributed by atoms with Gasteiger partial charge in [-0.05, 0) is 24.5 Å². The fraction of sp³-hybridized carbons (Fsp3) is 0.308. The molecule has 0 atom stereocenters. The van der Waals surface area contributed by atoms with Crippen molar-refractivity contribution in [2.75, 3.05) is 23.5 Å². The molecule has 0 saturated heterocycles. The van der Waals surface area contributed by atoms with E-state index in [2.05, 4.69) is 4.99 Å². The number of amides is 1. The molecule has 8 heteroatoms. The summed E-state index contributed by atoms with van der Waals surface area (Å²) in [6.45, 7) is 1.96. The maximum absolute atomic E-state index is 11.8. The molecular weight excluding hydrogens is 349 g/mol. The third-order valence-electron chi connectivity index (χ3n) is 2.40. The summed E-state index contributed by atoms with van der Waals surface area (Å²) >= 11 is 14.7. The molecular formula is C13H13Cl2N3OS2. The second kappa shape index (κ2) is 9.21. The molecule has 1 aromatic rings. The minimum Gasteiger partial charge on any atom is -0.312 e. The van der Waals surface area contributed by atoms with Gasteiger partial charge in [0.1, 0.15) is 4.38 Å². The number of carbonyl (C=O) groups excluding carboxylic acids is 1. The van der Waals surface area contributed by atoms with E-state index in [-0.39, 0.29) is 5.91 Å². The summed E-state index contributed by atoms with van der Waals surface area (Å²) in [5.41, 5.74) is 0.656. The molecule has 0 unspecified atom stereocenters. The summed E-state index contributed by atoms with van der Waals surface area (Å²) in [6.07, 6.45) is 3.61. The van der Waals surface area contributed by atoms with E-state index in [1.54, 1.807) is 29.3 Å². The second-order valence-electron chi connectivity index (χ2n) is 3.83. The maximum Gasteiger partial charge on any atom is 0.223 e. The van der Waals surface area contributed by atoms with E-state index in [0.29, 0.717) is 32.4 Å². The molecule has 112 valence electrons. The molecule has 0 fully saturated rings. The first-order chi connectivity index (χ1) is 9.97. The molecule has 4 nitrogen and oxygen atoms in total. The van der Waals surface area contributed by atoms with Crippen molar-refractivity contribution in [2.45, 2.75) is 6.92 Å². The van der Waals surface area contributed by atoms with E-state index >= 15 is 0 Å². The van der Waals surface area contributed by atoms with Gasteiger partial charge >= 0.3 is 0 Å². The van der Waals surface area contributed by atoms with Crippen LogP contribution in [-0.2, 0) is 4.79 Å². The van der Waals surface area contributed by atoms with Crippen molar-refractivity contribution in [1.82, 2.24) is 0 Å². The molecule has 1 amide bonds. The first-order valence-electron chi connectivity index (χ1n) is 5.85. The van der Waals surface area contributed by atoms with Gasteiger partial charge < -0.3 is 4.90 Å². The number of halogens is 2. The monoisotopic (exact) mass is 361 g/mol. The Kier molecular flexibility index (Phi) is 7.97. The van der Waals surface area contributed by atoms with Crippen LogP contribution in [0.4, 0.5) is 5.69 Å². The lowest BCUT2D eigenvalue weighted by Gasteiger charge is -2.21. The summed E-state index contributed by atoms with van der Waals surface area (Å²) in [6, 6.07) is 5.00. The van der Waals surface area contributed by atoms with Crippen LogP contribution in [0.5, 0.6) is 0 Å². The Balaban J connectivity index is 2.78. The smallest absolute Gasteiger partial charge is 0.223 e. The van der Waals surface area contributed by atoms with E-state index in [1.165, 1.54) is 30.4 Å². The number of aliphatic imine (C=N–C) groups is 1. The Morgan fingerprint density at radius 2 is 2.00 bits per heavy atom. The predicted molar refractivity (Wildman–Crippen MR) is 93.5 cm³/mol. The quantitative estimate of drug-likeness (QED) is 0.456. The van der Waals surface area contributed by atoms with Crippen LogP contribution in [0.15, 0.2) is 23.2 Å². The van der Waals surface area contributed by atoms with E-state index in [4.69, 9.17) is 28.5 Å². The van der Waals surface area contributed by atoms with Gasteiger partial charge in [-0.2, -0.15) is 10.3 Å². The fourth-order valence-electron chi connectivity index (χ4n) is 1.57. The van der Waals surface area contributed by atoms with Gasteiger partial charge in [0.15, 0.2) is 0 Å². The van der Waals surface area contributed by atoms with Crippen molar-refractivity contribution in [2.24, 2.45) is 4.99 Å². The molecule has 1 aromatic carbocycles. The molecule has 21 heavy (non-hydrogen) atoms. The Hall–Kier alpha value is -0.870. The summed E-state index contributed by atoms with van der Waals surface area (Å²) in [4.78, 5) is 17.1. The molecule has 0 aromatic heterocycles. The molecule has 0 radical (unpaired) electrons. The Morgan fingerprint density at radius 3 is 2.48 bits per heavy atom. The van der Waals surface area contributed by atoms with Gasteiger partial charge in [-0.25, -0.2) is 0 Å². The van der Waals surface area contributed by atoms with Gasteiger partial charge in [-0.3, -0.25) is 4.79 Å². The van der Waals surface area contributed by atoms with Crippen molar-refractivity contribution < 1.29 is 4.79 Å². The zero-order valence-corrected chi connectivity index (χ0v) is 14.6. The summed E-state index contributed by atoms with van der Waals surface area (Å²) in [5.74, 6) is 0.516. The SMILES string of the molecule is CSC(=NC#N)SCCN(C(C)=O)c1cc(Cl)cc(Cl)c1. The highest BCUT2D eigenvalue weighted by atomic mass is 35.5. The van der Waals surface area contributed by atoms with Gasteiger partial charge in [0.25, 0.3) is 0 Å². The van der Waals surface area contributed by atoms with E-state index in [1.807, 2.05) is 6.26 Å². The maximum atomic E-state index is 11.8. The standard InChI is InChI=1S/C13H13Cl2N3OS2/c1-9(19)18(3-4-21-13(20-2)17-8-16)12-6-10(14)5-11(15)7-12/h5-7H,3-4H2,1-2H3. The van der Waals surface area contributed by atoms with Crippen LogP contribution in [0.3, 0.4) is 0 Å². The Morgan fingerprint density at radius 1 is 1.38 bits per heavy atom. The zero-order valence-electron chi connectivity index (χ0n) is 11.5. The van der Waals surface area contributed by atoms with Crippen LogP contribution >= 0.6 is 46.7 Å². The van der Waals surface area contributed by atoms with Gasteiger partial charge in [0, 0.05) is 35.0 Å². The molecule has 0 heterocycles. The summed E-state index contributed by atoms with van der Waals surface area (Å²) in [5, 5.41) is 9.50. The van der Waals surface area contributed by atoms with Crippen LogP contribution in [0, 0.1) is 11.5 Å². The molecule has 0 N–H and O–H groups in total. The molecule has 0 bridgehead atoms. The number of hydrogen-bond donors (Lipinski definition) is 0. The van der Waals surface area contributed by atoms with Crippen molar-refractivity contribution in [3.05, 3.63) is 28.2 Å². The van der Waals surface area contributed by atoms with Crippen molar-refractivity contribution in [3.63, 3.8) is 0 Å². The average Bonchev–Trinajstić information content (AvgIpc) is 2.40. The molecule has 0 aliphatic rings. The lowest BCUT2D eigenvalue weighted by Crippen LogP contribution is -2.30. The van der Waals surface area contributed by atoms with E-state index in [0.717, 1.165) is 0 Å². The first-order valence-corrected chi connectivity index (χ1v) is 8.82. The highest BCUT2D eigenvalue weighted by Crippen LogP contribution is 2.26. The van der Waals surface area contributed by atoms with Crippen molar-refractivity contribution in [3.8, 4) is 6.19 Å². The fourth-order valence-corrected chi connectivity index (χ4v) is 3.49. The van der Waals surface area contributed by atoms with Crippen LogP contribution in [0.25, 0.3) is 0 Å². The third kappa shape index (κ3) is 6.18. The lowest BCUT2D eigenvalue weighted by atomic mass is 10.3. The number of anilines is 1. The highest BCUT2D eigenvalue weighted by molar-refractivity contribution is 8.38. The number of rotatable bonds is 4. The van der Waals surface area contributed by atoms with Crippen LogP contribution in [0.2, 0.25) is 10.0 Å². The van der Waals surface area contributed by atoms with Crippen LogP contribution < -0.4 is 4.90 Å². The number of thioether (sulfide) groups is 2. The number of carbonyl (C=O) groups is 1. The third-order valence-corrected chi connectivity index (χ3v) is 4.85. The van der Waals surface area contributed by atoms with Crippen molar-refractivity contribution in [1.29, 1.82) is 5.26 Å². The number of hydrogen-bond acceptors (Lipinski definition) is 5. The summed E-state index contributed by atoms with van der Waals surface area (Å²) < 4.78 is 0.671. The predicted octanol–water partition coefficient (Wildman–Crippen LogP) is 4.28. The van der Waals surface area contributed by atoms with Crippen LogP contribution in [0.1, 0.15) is 6.92 Å². The highest BCUT2D eigenvalue weighted by Gasteiger charge is 2.13. The molecule has 1 rings (SSSR count). The summed E-state index contributed by atoms with van der Waals surface area (Å²) in [7, 11) is 0. The Labute approximate surface area is 142 Å². The normalized spacial score (nSPS) is 11.1. The second-order valence-corrected chi connectivity index (χ2v) is 6.84. The zero-order chi connectivity index (χ0) is 15.8. The molecule has 0 aliphatic heterocycles. The van der Waals surface area contributed by atoms with Gasteiger partial charge in [0.2, 0.25) is 12.1 Å². The topological polar surface area (TPSA) is 56.5 Å².